The Morgan fingerprint density at radius 3 is 2.87 bits per heavy atom. The fourth-order valence-corrected chi connectivity index (χ4v) is 1.74. The summed E-state index contributed by atoms with van der Waals surface area (Å²) in [6.45, 7) is 5.46. The lowest BCUT2D eigenvalue weighted by Crippen LogP contribution is -2.20. The van der Waals surface area contributed by atoms with E-state index >= 15 is 0 Å². The second kappa shape index (κ2) is 4.59. The summed E-state index contributed by atoms with van der Waals surface area (Å²) < 4.78 is 26.3. The minimum Gasteiger partial charge on any atom is -0.275 e. The van der Waals surface area contributed by atoms with E-state index in [2.05, 4.69) is 16.4 Å². The zero-order chi connectivity index (χ0) is 11.5. The van der Waals surface area contributed by atoms with Crippen molar-refractivity contribution in [2.75, 3.05) is 0 Å². The zero-order valence-corrected chi connectivity index (χ0v) is 9.71. The quantitative estimate of drug-likeness (QED) is 0.801. The van der Waals surface area contributed by atoms with Gasteiger partial charge in [0.2, 0.25) is 10.0 Å². The minimum absolute atomic E-state index is 0.255. The molecule has 84 valence electrons. The van der Waals surface area contributed by atoms with Crippen LogP contribution in [-0.2, 0) is 30.0 Å². The first-order chi connectivity index (χ1) is 6.98. The van der Waals surface area contributed by atoms with Crippen molar-refractivity contribution in [3.05, 3.63) is 29.4 Å². The molecule has 0 atom stereocenters. The van der Waals surface area contributed by atoms with Crippen LogP contribution in [0.2, 0.25) is 0 Å². The molecule has 0 radical (unpaired) electrons. The molecular weight excluding hydrogens is 214 g/mol. The van der Waals surface area contributed by atoms with E-state index < -0.39 is 10.0 Å². The van der Waals surface area contributed by atoms with Gasteiger partial charge in [-0.05, 0) is 6.42 Å². The minimum atomic E-state index is -3.36. The van der Waals surface area contributed by atoms with Gasteiger partial charge in [-0.25, -0.2) is 13.1 Å². The standard InChI is InChI=1S/C9H15N3O2S/c1-4-9-8(7-12(3)11-9)6-10-15(13,14)5-2/h5,7,10H,2,4,6H2,1,3H3. The number of nitrogens with one attached hydrogen (secondary N) is 1. The molecule has 0 fully saturated rings. The Labute approximate surface area is 89.8 Å². The highest BCUT2D eigenvalue weighted by molar-refractivity contribution is 7.92. The third-order valence-electron chi connectivity index (χ3n) is 2.01. The molecule has 0 aliphatic rings. The van der Waals surface area contributed by atoms with Crippen molar-refractivity contribution >= 4 is 10.0 Å². The summed E-state index contributed by atoms with van der Waals surface area (Å²) in [5.41, 5.74) is 1.80. The van der Waals surface area contributed by atoms with Crippen molar-refractivity contribution in [3.63, 3.8) is 0 Å². The maximum absolute atomic E-state index is 11.1. The summed E-state index contributed by atoms with van der Waals surface area (Å²) in [7, 11) is -1.55. The van der Waals surface area contributed by atoms with Crippen LogP contribution < -0.4 is 4.72 Å². The third kappa shape index (κ3) is 3.17. The number of aryl methyl sites for hydroxylation is 2. The molecule has 1 aromatic rings. The van der Waals surface area contributed by atoms with Crippen molar-refractivity contribution in [2.45, 2.75) is 19.9 Å². The van der Waals surface area contributed by atoms with E-state index in [0.717, 1.165) is 23.1 Å². The largest absolute Gasteiger partial charge is 0.275 e. The molecule has 0 aromatic carbocycles. The molecule has 0 saturated heterocycles. The second-order valence-corrected chi connectivity index (χ2v) is 4.87. The van der Waals surface area contributed by atoms with Crippen LogP contribution in [0.3, 0.4) is 0 Å². The molecule has 1 aromatic heterocycles. The highest BCUT2D eigenvalue weighted by Crippen LogP contribution is 2.07. The molecule has 0 unspecified atom stereocenters. The fourth-order valence-electron chi connectivity index (χ4n) is 1.27. The van der Waals surface area contributed by atoms with Crippen LogP contribution in [0.25, 0.3) is 0 Å². The fraction of sp³-hybridized carbons (Fsp3) is 0.444. The predicted octanol–water partition coefficient (Wildman–Crippen LogP) is 0.545. The normalized spacial score (nSPS) is 11.6. The predicted molar refractivity (Wildman–Crippen MR) is 58.5 cm³/mol. The molecular formula is C9H15N3O2S. The molecule has 1 N–H and O–H groups in total. The Morgan fingerprint density at radius 2 is 2.33 bits per heavy atom. The molecule has 5 nitrogen and oxygen atoms in total. The average molecular weight is 229 g/mol. The first-order valence-electron chi connectivity index (χ1n) is 4.62. The molecule has 0 bridgehead atoms. The highest BCUT2D eigenvalue weighted by Gasteiger charge is 2.09. The lowest BCUT2D eigenvalue weighted by Gasteiger charge is -2.01. The summed E-state index contributed by atoms with van der Waals surface area (Å²) in [5.74, 6) is 0. The number of hydrogen-bond acceptors (Lipinski definition) is 3. The highest BCUT2D eigenvalue weighted by atomic mass is 32.2. The molecule has 0 aliphatic carbocycles. The Balaban J connectivity index is 2.77. The first-order valence-corrected chi connectivity index (χ1v) is 6.16. The van der Waals surface area contributed by atoms with Gasteiger partial charge in [-0.2, -0.15) is 5.10 Å². The van der Waals surface area contributed by atoms with Crippen LogP contribution in [0.5, 0.6) is 0 Å². The SMILES string of the molecule is C=CS(=O)(=O)NCc1cn(C)nc1CC. The van der Waals surface area contributed by atoms with E-state index in [-0.39, 0.29) is 6.54 Å². The number of rotatable bonds is 5. The summed E-state index contributed by atoms with van der Waals surface area (Å²) in [4.78, 5) is 0. The lowest BCUT2D eigenvalue weighted by molar-refractivity contribution is 0.590. The number of nitrogens with zero attached hydrogens (tertiary/aromatic N) is 2. The first kappa shape index (κ1) is 11.9. The molecule has 15 heavy (non-hydrogen) atoms. The number of hydrogen-bond donors (Lipinski definition) is 1. The Hall–Kier alpha value is -1.14. The molecule has 1 rings (SSSR count). The van der Waals surface area contributed by atoms with E-state index in [1.54, 1.807) is 4.68 Å². The molecule has 0 amide bonds. The van der Waals surface area contributed by atoms with Crippen LogP contribution in [0.15, 0.2) is 18.2 Å². The molecule has 6 heteroatoms. The van der Waals surface area contributed by atoms with E-state index in [0.29, 0.717) is 0 Å². The van der Waals surface area contributed by atoms with Gasteiger partial charge in [0.15, 0.2) is 0 Å². The van der Waals surface area contributed by atoms with Gasteiger partial charge in [0, 0.05) is 30.8 Å². The summed E-state index contributed by atoms with van der Waals surface area (Å²) >= 11 is 0. The lowest BCUT2D eigenvalue weighted by atomic mass is 10.2. The van der Waals surface area contributed by atoms with Gasteiger partial charge in [-0.3, -0.25) is 4.68 Å². The van der Waals surface area contributed by atoms with Gasteiger partial charge in [0.25, 0.3) is 0 Å². The van der Waals surface area contributed by atoms with Crippen LogP contribution in [0, 0.1) is 0 Å². The van der Waals surface area contributed by atoms with Crippen molar-refractivity contribution in [1.29, 1.82) is 0 Å². The van der Waals surface area contributed by atoms with Crippen molar-refractivity contribution in [1.82, 2.24) is 14.5 Å². The molecule has 0 aliphatic heterocycles. The maximum atomic E-state index is 11.1. The Morgan fingerprint density at radius 1 is 1.67 bits per heavy atom. The summed E-state index contributed by atoms with van der Waals surface area (Å²) in [6, 6.07) is 0. The monoisotopic (exact) mass is 229 g/mol. The topological polar surface area (TPSA) is 64.0 Å². The number of sulfonamides is 1. The summed E-state index contributed by atoms with van der Waals surface area (Å²) in [6.07, 6.45) is 2.59. The van der Waals surface area contributed by atoms with Crippen LogP contribution in [0.4, 0.5) is 0 Å². The van der Waals surface area contributed by atoms with E-state index in [4.69, 9.17) is 0 Å². The molecule has 1 heterocycles. The van der Waals surface area contributed by atoms with Crippen molar-refractivity contribution < 1.29 is 8.42 Å². The van der Waals surface area contributed by atoms with E-state index in [1.807, 2.05) is 20.2 Å². The third-order valence-corrected chi connectivity index (χ3v) is 3.00. The van der Waals surface area contributed by atoms with Gasteiger partial charge in [0.1, 0.15) is 0 Å². The van der Waals surface area contributed by atoms with Gasteiger partial charge in [-0.1, -0.05) is 13.5 Å². The smallest absolute Gasteiger partial charge is 0.233 e. The van der Waals surface area contributed by atoms with Gasteiger partial charge in [0.05, 0.1) is 5.69 Å². The van der Waals surface area contributed by atoms with Gasteiger partial charge in [-0.15, -0.1) is 0 Å². The summed E-state index contributed by atoms with van der Waals surface area (Å²) in [5, 5.41) is 5.11. The maximum Gasteiger partial charge on any atom is 0.233 e. The Bertz CT molecular complexity index is 448. The van der Waals surface area contributed by atoms with Gasteiger partial charge < -0.3 is 0 Å². The van der Waals surface area contributed by atoms with Crippen LogP contribution in [0.1, 0.15) is 18.2 Å². The van der Waals surface area contributed by atoms with E-state index in [1.165, 1.54) is 0 Å². The van der Waals surface area contributed by atoms with Crippen LogP contribution >= 0.6 is 0 Å². The Kier molecular flexibility index (Phi) is 3.65. The second-order valence-electron chi connectivity index (χ2n) is 3.16. The van der Waals surface area contributed by atoms with Crippen molar-refractivity contribution in [3.8, 4) is 0 Å². The zero-order valence-electron chi connectivity index (χ0n) is 8.90. The number of aromatic nitrogens is 2. The van der Waals surface area contributed by atoms with E-state index in [9.17, 15) is 8.42 Å². The molecule has 0 saturated carbocycles. The molecule has 0 spiro atoms. The van der Waals surface area contributed by atoms with Gasteiger partial charge >= 0.3 is 0 Å². The average Bonchev–Trinajstić information content (AvgIpc) is 2.56. The van der Waals surface area contributed by atoms with Crippen LogP contribution in [-0.4, -0.2) is 18.2 Å². The van der Waals surface area contributed by atoms with Crippen molar-refractivity contribution in [2.24, 2.45) is 7.05 Å².